The standard InChI is InChI=1S/C11H8ClIN2O2S/c12-9-7-8(4-5-10(9)13)15-18(16,17)11-3-1-2-6-14-11/h1-7,15H. The molecule has 2 rings (SSSR count). The maximum atomic E-state index is 12.0. The van der Waals surface area contributed by atoms with Crippen molar-refractivity contribution in [1.29, 1.82) is 0 Å². The highest BCUT2D eigenvalue weighted by Crippen LogP contribution is 2.23. The molecule has 0 aliphatic heterocycles. The first-order valence-corrected chi connectivity index (χ1v) is 7.82. The van der Waals surface area contributed by atoms with E-state index < -0.39 is 10.0 Å². The number of nitrogens with one attached hydrogen (secondary N) is 1. The largest absolute Gasteiger partial charge is 0.279 e. The molecule has 1 aromatic carbocycles. The number of anilines is 1. The molecular weight excluding hydrogens is 387 g/mol. The Labute approximate surface area is 124 Å². The smallest absolute Gasteiger partial charge is 0.278 e. The van der Waals surface area contributed by atoms with Gasteiger partial charge in [-0.2, -0.15) is 8.42 Å². The van der Waals surface area contributed by atoms with Gasteiger partial charge < -0.3 is 0 Å². The van der Waals surface area contributed by atoms with E-state index in [0.717, 1.165) is 3.57 Å². The Balaban J connectivity index is 2.31. The van der Waals surface area contributed by atoms with Crippen LogP contribution in [0.2, 0.25) is 5.02 Å². The summed E-state index contributed by atoms with van der Waals surface area (Å²) in [6, 6.07) is 9.64. The monoisotopic (exact) mass is 394 g/mol. The number of pyridine rings is 1. The van der Waals surface area contributed by atoms with E-state index in [1.54, 1.807) is 30.3 Å². The number of benzene rings is 1. The zero-order valence-electron chi connectivity index (χ0n) is 8.97. The highest BCUT2D eigenvalue weighted by molar-refractivity contribution is 14.1. The van der Waals surface area contributed by atoms with Gasteiger partial charge in [-0.15, -0.1) is 0 Å². The Morgan fingerprint density at radius 2 is 2.00 bits per heavy atom. The number of hydrogen-bond acceptors (Lipinski definition) is 3. The van der Waals surface area contributed by atoms with Crippen LogP contribution in [-0.4, -0.2) is 13.4 Å². The Morgan fingerprint density at radius 3 is 2.61 bits per heavy atom. The highest BCUT2D eigenvalue weighted by Gasteiger charge is 2.15. The van der Waals surface area contributed by atoms with Gasteiger partial charge in [0, 0.05) is 9.77 Å². The fourth-order valence-electron chi connectivity index (χ4n) is 1.27. The van der Waals surface area contributed by atoms with Crippen LogP contribution in [0.1, 0.15) is 0 Å². The molecule has 0 amide bonds. The fraction of sp³-hybridized carbons (Fsp3) is 0. The molecular formula is C11H8ClIN2O2S. The lowest BCUT2D eigenvalue weighted by atomic mass is 10.3. The van der Waals surface area contributed by atoms with E-state index in [1.807, 2.05) is 0 Å². The zero-order valence-corrected chi connectivity index (χ0v) is 12.7. The molecule has 1 heterocycles. The van der Waals surface area contributed by atoms with Crippen LogP contribution in [0.25, 0.3) is 0 Å². The van der Waals surface area contributed by atoms with Crippen molar-refractivity contribution < 1.29 is 8.42 Å². The molecule has 2 aromatic rings. The maximum absolute atomic E-state index is 12.0. The van der Waals surface area contributed by atoms with Crippen molar-refractivity contribution >= 4 is 49.9 Å². The van der Waals surface area contributed by atoms with Gasteiger partial charge >= 0.3 is 0 Å². The van der Waals surface area contributed by atoms with Crippen LogP contribution in [0.3, 0.4) is 0 Å². The van der Waals surface area contributed by atoms with E-state index in [2.05, 4.69) is 32.3 Å². The topological polar surface area (TPSA) is 59.1 Å². The van der Waals surface area contributed by atoms with Crippen LogP contribution in [0, 0.1) is 3.57 Å². The number of halogens is 2. The van der Waals surface area contributed by atoms with E-state index in [4.69, 9.17) is 11.6 Å². The number of sulfonamides is 1. The Kier molecular flexibility index (Phi) is 4.08. The van der Waals surface area contributed by atoms with Crippen molar-refractivity contribution in [1.82, 2.24) is 4.98 Å². The predicted molar refractivity (Wildman–Crippen MR) is 79.2 cm³/mol. The molecule has 0 saturated heterocycles. The summed E-state index contributed by atoms with van der Waals surface area (Å²) in [5, 5.41) is 0.469. The first-order valence-electron chi connectivity index (χ1n) is 4.88. The quantitative estimate of drug-likeness (QED) is 0.814. The molecule has 0 saturated carbocycles. The second kappa shape index (κ2) is 5.41. The van der Waals surface area contributed by atoms with Crippen LogP contribution >= 0.6 is 34.2 Å². The molecule has 0 radical (unpaired) electrons. The second-order valence-corrected chi connectivity index (χ2v) is 6.60. The molecule has 0 unspecified atom stereocenters. The third-order valence-corrected chi connectivity index (χ3v) is 4.95. The lowest BCUT2D eigenvalue weighted by Gasteiger charge is -2.07. The first-order chi connectivity index (χ1) is 8.49. The second-order valence-electron chi connectivity index (χ2n) is 3.40. The molecule has 1 aromatic heterocycles. The first kappa shape index (κ1) is 13.6. The van der Waals surface area contributed by atoms with E-state index in [1.165, 1.54) is 12.3 Å². The third-order valence-electron chi connectivity index (χ3n) is 2.08. The summed E-state index contributed by atoms with van der Waals surface area (Å²) < 4.78 is 27.2. The fourth-order valence-corrected chi connectivity index (χ4v) is 2.79. The normalized spacial score (nSPS) is 11.2. The van der Waals surface area contributed by atoms with Crippen molar-refractivity contribution in [3.05, 3.63) is 51.2 Å². The van der Waals surface area contributed by atoms with Gasteiger partial charge in [-0.25, -0.2) is 4.98 Å². The van der Waals surface area contributed by atoms with Gasteiger partial charge in [0.25, 0.3) is 10.0 Å². The molecule has 94 valence electrons. The Bertz CT molecular complexity index is 662. The summed E-state index contributed by atoms with van der Waals surface area (Å²) in [6.07, 6.45) is 1.43. The minimum Gasteiger partial charge on any atom is -0.278 e. The minimum atomic E-state index is -3.67. The summed E-state index contributed by atoms with van der Waals surface area (Å²) >= 11 is 8.00. The Morgan fingerprint density at radius 1 is 1.22 bits per heavy atom. The number of aromatic nitrogens is 1. The van der Waals surface area contributed by atoms with Crippen LogP contribution in [0.15, 0.2) is 47.6 Å². The molecule has 7 heteroatoms. The molecule has 0 aliphatic carbocycles. The summed E-state index contributed by atoms with van der Waals surface area (Å²) in [7, 11) is -3.67. The zero-order chi connectivity index (χ0) is 13.2. The molecule has 1 N–H and O–H groups in total. The Hall–Kier alpha value is -0.860. The summed E-state index contributed by atoms with van der Waals surface area (Å²) in [5.74, 6) is 0. The SMILES string of the molecule is O=S(=O)(Nc1ccc(I)c(Cl)c1)c1ccccn1. The molecule has 4 nitrogen and oxygen atoms in total. The average Bonchev–Trinajstić information content (AvgIpc) is 2.35. The van der Waals surface area contributed by atoms with Crippen LogP contribution < -0.4 is 4.72 Å². The third kappa shape index (κ3) is 3.12. The van der Waals surface area contributed by atoms with Crippen LogP contribution in [0.5, 0.6) is 0 Å². The predicted octanol–water partition coefficient (Wildman–Crippen LogP) is 3.14. The van der Waals surface area contributed by atoms with Gasteiger partial charge in [0.05, 0.1) is 10.7 Å². The van der Waals surface area contributed by atoms with E-state index in [9.17, 15) is 8.42 Å². The van der Waals surface area contributed by atoms with Crippen LogP contribution in [0.4, 0.5) is 5.69 Å². The molecule has 0 aliphatic rings. The van der Waals surface area contributed by atoms with Crippen LogP contribution in [-0.2, 0) is 10.0 Å². The van der Waals surface area contributed by atoms with E-state index in [0.29, 0.717) is 10.7 Å². The van der Waals surface area contributed by atoms with Gasteiger partial charge in [0.1, 0.15) is 0 Å². The lowest BCUT2D eigenvalue weighted by molar-refractivity contribution is 0.597. The molecule has 18 heavy (non-hydrogen) atoms. The van der Waals surface area contributed by atoms with Gasteiger partial charge in [-0.05, 0) is 52.9 Å². The maximum Gasteiger partial charge on any atom is 0.279 e. The average molecular weight is 395 g/mol. The van der Waals surface area contributed by atoms with Crippen molar-refractivity contribution in [2.24, 2.45) is 0 Å². The summed E-state index contributed by atoms with van der Waals surface area (Å²) in [5.41, 5.74) is 0.408. The summed E-state index contributed by atoms with van der Waals surface area (Å²) in [4.78, 5) is 3.80. The van der Waals surface area contributed by atoms with Gasteiger partial charge in [0.2, 0.25) is 0 Å². The molecule has 0 fully saturated rings. The number of rotatable bonds is 3. The van der Waals surface area contributed by atoms with Crippen molar-refractivity contribution in [3.8, 4) is 0 Å². The van der Waals surface area contributed by atoms with E-state index in [-0.39, 0.29) is 5.03 Å². The van der Waals surface area contributed by atoms with Crippen molar-refractivity contribution in [2.45, 2.75) is 5.03 Å². The van der Waals surface area contributed by atoms with Crippen molar-refractivity contribution in [3.63, 3.8) is 0 Å². The van der Waals surface area contributed by atoms with Crippen molar-refractivity contribution in [2.75, 3.05) is 4.72 Å². The van der Waals surface area contributed by atoms with Gasteiger partial charge in [-0.3, -0.25) is 4.72 Å². The summed E-state index contributed by atoms with van der Waals surface area (Å²) in [6.45, 7) is 0. The van der Waals surface area contributed by atoms with E-state index >= 15 is 0 Å². The molecule has 0 bridgehead atoms. The lowest BCUT2D eigenvalue weighted by Crippen LogP contribution is -2.14. The number of nitrogens with zero attached hydrogens (tertiary/aromatic N) is 1. The molecule has 0 spiro atoms. The highest BCUT2D eigenvalue weighted by atomic mass is 127. The minimum absolute atomic E-state index is 0.0281. The number of hydrogen-bond donors (Lipinski definition) is 1. The van der Waals surface area contributed by atoms with Gasteiger partial charge in [-0.1, -0.05) is 17.7 Å². The molecule has 0 atom stereocenters. The van der Waals surface area contributed by atoms with Gasteiger partial charge in [0.15, 0.2) is 5.03 Å².